The van der Waals surface area contributed by atoms with E-state index in [0.717, 1.165) is 19.4 Å². The Bertz CT molecular complexity index is 345. The molecule has 17 heavy (non-hydrogen) atoms. The number of anilines is 2. The normalized spacial score (nSPS) is 12.2. The van der Waals surface area contributed by atoms with E-state index < -0.39 is 0 Å². The van der Waals surface area contributed by atoms with E-state index >= 15 is 0 Å². The SMILES string of the molecule is COc1ccc(N)c(NCCCC(C)CO)n1. The van der Waals surface area contributed by atoms with E-state index in [1.54, 1.807) is 19.2 Å². The van der Waals surface area contributed by atoms with Crippen molar-refractivity contribution >= 4 is 11.5 Å². The molecule has 1 atom stereocenters. The maximum absolute atomic E-state index is 8.89. The van der Waals surface area contributed by atoms with Crippen molar-refractivity contribution < 1.29 is 9.84 Å². The number of aromatic nitrogens is 1. The molecular weight excluding hydrogens is 218 g/mol. The van der Waals surface area contributed by atoms with Crippen LogP contribution in [0.4, 0.5) is 11.5 Å². The Morgan fingerprint density at radius 3 is 2.94 bits per heavy atom. The molecule has 0 spiro atoms. The number of aliphatic hydroxyl groups excluding tert-OH is 1. The Morgan fingerprint density at radius 2 is 2.29 bits per heavy atom. The third kappa shape index (κ3) is 4.48. The van der Waals surface area contributed by atoms with Crippen molar-refractivity contribution in [1.29, 1.82) is 0 Å². The summed E-state index contributed by atoms with van der Waals surface area (Å²) in [5.41, 5.74) is 6.40. The Balaban J connectivity index is 2.40. The third-order valence-corrected chi connectivity index (χ3v) is 2.59. The first-order valence-corrected chi connectivity index (χ1v) is 5.82. The van der Waals surface area contributed by atoms with Crippen LogP contribution in [0.3, 0.4) is 0 Å². The second kappa shape index (κ2) is 6.96. The number of ether oxygens (including phenoxy) is 1. The molecule has 0 fully saturated rings. The van der Waals surface area contributed by atoms with Crippen LogP contribution in [0.5, 0.6) is 5.88 Å². The molecule has 1 aromatic rings. The molecule has 0 radical (unpaired) electrons. The lowest BCUT2D eigenvalue weighted by molar-refractivity contribution is 0.229. The summed E-state index contributed by atoms with van der Waals surface area (Å²) in [6.45, 7) is 3.05. The average Bonchev–Trinajstić information content (AvgIpc) is 2.36. The van der Waals surface area contributed by atoms with E-state index in [4.69, 9.17) is 15.6 Å². The second-order valence-electron chi connectivity index (χ2n) is 4.15. The fourth-order valence-corrected chi connectivity index (χ4v) is 1.46. The number of nitrogen functional groups attached to an aromatic ring is 1. The summed E-state index contributed by atoms with van der Waals surface area (Å²) in [4.78, 5) is 4.22. The van der Waals surface area contributed by atoms with Crippen LogP contribution >= 0.6 is 0 Å². The van der Waals surface area contributed by atoms with Gasteiger partial charge in [-0.3, -0.25) is 0 Å². The number of nitrogens with zero attached hydrogens (tertiary/aromatic N) is 1. The molecule has 0 amide bonds. The van der Waals surface area contributed by atoms with Crippen molar-refractivity contribution in [1.82, 2.24) is 4.98 Å². The molecule has 0 saturated heterocycles. The molecule has 1 heterocycles. The standard InChI is InChI=1S/C12H21N3O2/c1-9(8-16)4-3-7-14-12-10(13)5-6-11(15-12)17-2/h5-6,9,16H,3-4,7-8,13H2,1-2H3,(H,14,15). The summed E-state index contributed by atoms with van der Waals surface area (Å²) in [5, 5.41) is 12.1. The summed E-state index contributed by atoms with van der Waals surface area (Å²) < 4.78 is 5.03. The molecule has 1 rings (SSSR count). The van der Waals surface area contributed by atoms with Crippen molar-refractivity contribution in [3.05, 3.63) is 12.1 Å². The Morgan fingerprint density at radius 1 is 1.53 bits per heavy atom. The minimum absolute atomic E-state index is 0.236. The van der Waals surface area contributed by atoms with Gasteiger partial charge in [0.1, 0.15) is 0 Å². The van der Waals surface area contributed by atoms with E-state index in [1.807, 2.05) is 6.92 Å². The fourth-order valence-electron chi connectivity index (χ4n) is 1.46. The quantitative estimate of drug-likeness (QED) is 0.628. The highest BCUT2D eigenvalue weighted by Crippen LogP contribution is 2.19. The largest absolute Gasteiger partial charge is 0.481 e. The average molecular weight is 239 g/mol. The Hall–Kier alpha value is -1.49. The lowest BCUT2D eigenvalue weighted by Crippen LogP contribution is -2.09. The molecular formula is C12H21N3O2. The van der Waals surface area contributed by atoms with Gasteiger partial charge in [-0.05, 0) is 24.8 Å². The number of methoxy groups -OCH3 is 1. The summed E-state index contributed by atoms with van der Waals surface area (Å²) in [6, 6.07) is 3.50. The lowest BCUT2D eigenvalue weighted by Gasteiger charge is -2.11. The highest BCUT2D eigenvalue weighted by atomic mass is 16.5. The molecule has 0 aromatic carbocycles. The van der Waals surface area contributed by atoms with Gasteiger partial charge < -0.3 is 20.9 Å². The summed E-state index contributed by atoms with van der Waals surface area (Å²) in [5.74, 6) is 1.54. The van der Waals surface area contributed by atoms with Crippen LogP contribution < -0.4 is 15.8 Å². The predicted molar refractivity (Wildman–Crippen MR) is 69.2 cm³/mol. The molecule has 0 bridgehead atoms. The highest BCUT2D eigenvalue weighted by molar-refractivity contribution is 5.61. The fraction of sp³-hybridized carbons (Fsp3) is 0.583. The van der Waals surface area contributed by atoms with Gasteiger partial charge in [0.2, 0.25) is 5.88 Å². The summed E-state index contributed by atoms with van der Waals surface area (Å²) in [6.07, 6.45) is 1.95. The maximum Gasteiger partial charge on any atom is 0.215 e. The molecule has 0 aliphatic heterocycles. The van der Waals surface area contributed by atoms with Gasteiger partial charge >= 0.3 is 0 Å². The van der Waals surface area contributed by atoms with Crippen molar-refractivity contribution in [2.75, 3.05) is 31.3 Å². The van der Waals surface area contributed by atoms with Gasteiger partial charge in [-0.25, -0.2) is 0 Å². The molecule has 0 aliphatic rings. The van der Waals surface area contributed by atoms with Crippen LogP contribution in [-0.4, -0.2) is 30.4 Å². The van der Waals surface area contributed by atoms with Crippen molar-refractivity contribution in [2.45, 2.75) is 19.8 Å². The first kappa shape index (κ1) is 13.6. The first-order chi connectivity index (χ1) is 8.17. The predicted octanol–water partition coefficient (Wildman–Crippen LogP) is 1.49. The van der Waals surface area contributed by atoms with Gasteiger partial charge in [-0.2, -0.15) is 4.98 Å². The maximum atomic E-state index is 8.89. The van der Waals surface area contributed by atoms with Gasteiger partial charge in [-0.15, -0.1) is 0 Å². The zero-order chi connectivity index (χ0) is 12.7. The zero-order valence-electron chi connectivity index (χ0n) is 10.4. The highest BCUT2D eigenvalue weighted by Gasteiger charge is 2.03. The first-order valence-electron chi connectivity index (χ1n) is 5.82. The molecule has 1 unspecified atom stereocenters. The molecule has 0 saturated carbocycles. The van der Waals surface area contributed by atoms with E-state index in [9.17, 15) is 0 Å². The Labute approximate surface area is 102 Å². The van der Waals surface area contributed by atoms with Gasteiger partial charge in [0, 0.05) is 19.2 Å². The number of aliphatic hydroxyl groups is 1. The van der Waals surface area contributed by atoms with Crippen LogP contribution in [-0.2, 0) is 0 Å². The summed E-state index contributed by atoms with van der Waals surface area (Å²) >= 11 is 0. The number of hydrogen-bond donors (Lipinski definition) is 3. The summed E-state index contributed by atoms with van der Waals surface area (Å²) in [7, 11) is 1.57. The van der Waals surface area contributed by atoms with Crippen molar-refractivity contribution in [3.8, 4) is 5.88 Å². The van der Waals surface area contributed by atoms with E-state index in [0.29, 0.717) is 23.3 Å². The minimum atomic E-state index is 0.236. The zero-order valence-corrected chi connectivity index (χ0v) is 10.4. The number of rotatable bonds is 7. The second-order valence-corrected chi connectivity index (χ2v) is 4.15. The van der Waals surface area contributed by atoms with E-state index in [1.165, 1.54) is 0 Å². The lowest BCUT2D eigenvalue weighted by atomic mass is 10.1. The van der Waals surface area contributed by atoms with Crippen molar-refractivity contribution in [2.24, 2.45) is 5.92 Å². The van der Waals surface area contributed by atoms with Gasteiger partial charge in [-0.1, -0.05) is 6.92 Å². The number of hydrogen-bond acceptors (Lipinski definition) is 5. The minimum Gasteiger partial charge on any atom is -0.481 e. The smallest absolute Gasteiger partial charge is 0.215 e. The van der Waals surface area contributed by atoms with Gasteiger partial charge in [0.25, 0.3) is 0 Å². The van der Waals surface area contributed by atoms with Crippen LogP contribution in [0.1, 0.15) is 19.8 Å². The third-order valence-electron chi connectivity index (χ3n) is 2.59. The number of nitrogens with two attached hydrogens (primary N) is 1. The molecule has 5 nitrogen and oxygen atoms in total. The molecule has 0 aliphatic carbocycles. The van der Waals surface area contributed by atoms with Crippen molar-refractivity contribution in [3.63, 3.8) is 0 Å². The van der Waals surface area contributed by atoms with Crippen LogP contribution in [0.2, 0.25) is 0 Å². The van der Waals surface area contributed by atoms with Crippen LogP contribution in [0.25, 0.3) is 0 Å². The van der Waals surface area contributed by atoms with E-state index in [-0.39, 0.29) is 6.61 Å². The molecule has 5 heteroatoms. The van der Waals surface area contributed by atoms with Crippen LogP contribution in [0, 0.1) is 5.92 Å². The van der Waals surface area contributed by atoms with Crippen LogP contribution in [0.15, 0.2) is 12.1 Å². The monoisotopic (exact) mass is 239 g/mol. The molecule has 1 aromatic heterocycles. The number of pyridine rings is 1. The Kier molecular flexibility index (Phi) is 5.56. The van der Waals surface area contributed by atoms with Gasteiger partial charge in [0.05, 0.1) is 12.8 Å². The molecule has 96 valence electrons. The number of nitrogens with one attached hydrogen (secondary N) is 1. The topological polar surface area (TPSA) is 80.4 Å². The van der Waals surface area contributed by atoms with E-state index in [2.05, 4.69) is 10.3 Å². The van der Waals surface area contributed by atoms with Gasteiger partial charge in [0.15, 0.2) is 5.82 Å². The molecule has 4 N–H and O–H groups in total.